The molecule has 0 aliphatic rings. The van der Waals surface area contributed by atoms with Crippen molar-refractivity contribution in [2.45, 2.75) is 18.7 Å². The summed E-state index contributed by atoms with van der Waals surface area (Å²) in [5, 5.41) is 0. The summed E-state index contributed by atoms with van der Waals surface area (Å²) < 4.78 is 52.1. The lowest BCUT2D eigenvalue weighted by Crippen LogP contribution is -2.30. The lowest BCUT2D eigenvalue weighted by atomic mass is 10.3. The van der Waals surface area contributed by atoms with Gasteiger partial charge in [-0.05, 0) is 24.3 Å². The minimum absolute atomic E-state index is 0.142. The van der Waals surface area contributed by atoms with Crippen LogP contribution in [-0.4, -0.2) is 40.0 Å². The molecular formula is C12H20NO6PS. The van der Waals surface area contributed by atoms with E-state index in [-0.39, 0.29) is 10.6 Å². The highest BCUT2D eigenvalue weighted by Gasteiger charge is 2.25. The highest BCUT2D eigenvalue weighted by atomic mass is 32.2. The van der Waals surface area contributed by atoms with Gasteiger partial charge in [0.05, 0.1) is 4.90 Å². The van der Waals surface area contributed by atoms with Crippen molar-refractivity contribution in [2.24, 2.45) is 0 Å². The first-order chi connectivity index (χ1) is 9.82. The van der Waals surface area contributed by atoms with Gasteiger partial charge in [0.1, 0.15) is 5.75 Å². The Balaban J connectivity index is 3.01. The summed E-state index contributed by atoms with van der Waals surface area (Å²) in [5.41, 5.74) is 0. The molecule has 7 nitrogen and oxygen atoms in total. The van der Waals surface area contributed by atoms with Crippen molar-refractivity contribution in [1.82, 2.24) is 4.31 Å². The van der Waals surface area contributed by atoms with Crippen LogP contribution in [0.25, 0.3) is 0 Å². The van der Waals surface area contributed by atoms with E-state index in [1.54, 1.807) is 13.8 Å². The molecule has 0 spiro atoms. The van der Waals surface area contributed by atoms with Crippen molar-refractivity contribution in [2.75, 3.05) is 27.3 Å². The van der Waals surface area contributed by atoms with Gasteiger partial charge >= 0.3 is 7.82 Å². The third-order valence-electron chi connectivity index (χ3n) is 2.83. The average molecular weight is 337 g/mol. The van der Waals surface area contributed by atoms with Crippen LogP contribution < -0.4 is 4.52 Å². The van der Waals surface area contributed by atoms with Crippen LogP contribution in [0.5, 0.6) is 5.75 Å². The minimum Gasteiger partial charge on any atom is -0.404 e. The summed E-state index contributed by atoms with van der Waals surface area (Å²) >= 11 is 0. The number of hydrogen-bond donors (Lipinski definition) is 0. The van der Waals surface area contributed by atoms with Gasteiger partial charge in [-0.15, -0.1) is 0 Å². The molecule has 0 aliphatic carbocycles. The van der Waals surface area contributed by atoms with Crippen LogP contribution in [0.1, 0.15) is 13.8 Å². The number of sulfonamides is 1. The van der Waals surface area contributed by atoms with Crippen molar-refractivity contribution < 1.29 is 26.6 Å². The van der Waals surface area contributed by atoms with Gasteiger partial charge in [0.2, 0.25) is 10.0 Å². The number of hydrogen-bond acceptors (Lipinski definition) is 6. The molecule has 120 valence electrons. The smallest absolute Gasteiger partial charge is 0.404 e. The van der Waals surface area contributed by atoms with Crippen LogP contribution in [-0.2, 0) is 23.6 Å². The second kappa shape index (κ2) is 7.38. The SMILES string of the molecule is CCN(CC)S(=O)(=O)c1ccc(OP(=O)(OC)OC)cc1. The molecule has 0 saturated carbocycles. The normalized spacial score (nSPS) is 12.6. The maximum atomic E-state index is 12.3. The fourth-order valence-electron chi connectivity index (χ4n) is 1.66. The van der Waals surface area contributed by atoms with E-state index in [4.69, 9.17) is 4.52 Å². The Kier molecular flexibility index (Phi) is 6.37. The topological polar surface area (TPSA) is 82.1 Å². The van der Waals surface area contributed by atoms with E-state index in [1.807, 2.05) is 0 Å². The molecule has 0 atom stereocenters. The zero-order valence-electron chi connectivity index (χ0n) is 12.5. The largest absolute Gasteiger partial charge is 0.529 e. The van der Waals surface area contributed by atoms with Gasteiger partial charge in [0, 0.05) is 27.3 Å². The zero-order valence-corrected chi connectivity index (χ0v) is 14.2. The molecule has 0 unspecified atom stereocenters. The van der Waals surface area contributed by atoms with Crippen molar-refractivity contribution in [3.63, 3.8) is 0 Å². The number of phosphoric acid groups is 1. The molecule has 1 aromatic rings. The van der Waals surface area contributed by atoms with Crippen molar-refractivity contribution in [3.8, 4) is 5.75 Å². The molecule has 0 heterocycles. The Morgan fingerprint density at radius 3 is 1.90 bits per heavy atom. The first-order valence-corrected chi connectivity index (χ1v) is 9.24. The second-order valence-electron chi connectivity index (χ2n) is 3.96. The lowest BCUT2D eigenvalue weighted by Gasteiger charge is -2.19. The third-order valence-corrected chi connectivity index (χ3v) is 6.22. The van der Waals surface area contributed by atoms with Crippen LogP contribution in [0.4, 0.5) is 0 Å². The number of rotatable bonds is 8. The van der Waals surface area contributed by atoms with Crippen LogP contribution in [0.2, 0.25) is 0 Å². The second-order valence-corrected chi connectivity index (χ2v) is 7.71. The molecule has 0 fully saturated rings. The fraction of sp³-hybridized carbons (Fsp3) is 0.500. The van der Waals surface area contributed by atoms with Crippen LogP contribution in [0.15, 0.2) is 29.2 Å². The molecule has 0 saturated heterocycles. The molecular weight excluding hydrogens is 317 g/mol. The number of nitrogens with zero attached hydrogens (tertiary/aromatic N) is 1. The lowest BCUT2D eigenvalue weighted by molar-refractivity contribution is 0.211. The van der Waals surface area contributed by atoms with E-state index in [0.717, 1.165) is 0 Å². The average Bonchev–Trinajstić information content (AvgIpc) is 2.48. The van der Waals surface area contributed by atoms with Gasteiger partial charge in [-0.1, -0.05) is 13.8 Å². The van der Waals surface area contributed by atoms with E-state index in [9.17, 15) is 13.0 Å². The van der Waals surface area contributed by atoms with Gasteiger partial charge in [-0.3, -0.25) is 9.05 Å². The minimum atomic E-state index is -3.65. The van der Waals surface area contributed by atoms with E-state index in [2.05, 4.69) is 9.05 Å². The van der Waals surface area contributed by atoms with Crippen LogP contribution >= 0.6 is 7.82 Å². The molecule has 0 bridgehead atoms. The van der Waals surface area contributed by atoms with E-state index >= 15 is 0 Å². The maximum absolute atomic E-state index is 12.3. The van der Waals surface area contributed by atoms with Crippen molar-refractivity contribution in [1.29, 1.82) is 0 Å². The molecule has 0 amide bonds. The first kappa shape index (κ1) is 18.1. The number of phosphoric ester groups is 1. The van der Waals surface area contributed by atoms with Crippen molar-refractivity contribution >= 4 is 17.8 Å². The summed E-state index contributed by atoms with van der Waals surface area (Å²) in [6.07, 6.45) is 0. The highest BCUT2D eigenvalue weighted by Crippen LogP contribution is 2.47. The van der Waals surface area contributed by atoms with Gasteiger partial charge in [0.15, 0.2) is 0 Å². The maximum Gasteiger partial charge on any atom is 0.529 e. The molecule has 0 N–H and O–H groups in total. The monoisotopic (exact) mass is 337 g/mol. The summed E-state index contributed by atoms with van der Waals surface area (Å²) in [6, 6.07) is 5.58. The van der Waals surface area contributed by atoms with E-state index in [0.29, 0.717) is 13.1 Å². The molecule has 21 heavy (non-hydrogen) atoms. The molecule has 1 rings (SSSR count). The highest BCUT2D eigenvalue weighted by molar-refractivity contribution is 7.89. The zero-order chi connectivity index (χ0) is 16.1. The molecule has 0 radical (unpaired) electrons. The third kappa shape index (κ3) is 4.28. The molecule has 1 aromatic carbocycles. The van der Waals surface area contributed by atoms with Crippen molar-refractivity contribution in [3.05, 3.63) is 24.3 Å². The fourth-order valence-corrected chi connectivity index (χ4v) is 3.80. The summed E-state index contributed by atoms with van der Waals surface area (Å²) in [4.78, 5) is 0.142. The molecule has 0 aliphatic heterocycles. The summed E-state index contributed by atoms with van der Waals surface area (Å²) in [5.74, 6) is 0.195. The molecule has 9 heteroatoms. The van der Waals surface area contributed by atoms with Gasteiger partial charge < -0.3 is 4.52 Å². The Morgan fingerprint density at radius 1 is 1.05 bits per heavy atom. The van der Waals surface area contributed by atoms with Gasteiger partial charge in [0.25, 0.3) is 0 Å². The Hall–Kier alpha value is -0.920. The predicted molar refractivity (Wildman–Crippen MR) is 78.8 cm³/mol. The number of benzene rings is 1. The van der Waals surface area contributed by atoms with Gasteiger partial charge in [-0.25, -0.2) is 13.0 Å². The first-order valence-electron chi connectivity index (χ1n) is 6.34. The standard InChI is InChI=1S/C12H20NO6PS/c1-5-13(6-2)21(15,16)12-9-7-11(8-10-12)19-20(14,17-3)18-4/h7-10H,5-6H2,1-4H3. The predicted octanol–water partition coefficient (Wildman–Crippen LogP) is 2.50. The van der Waals surface area contributed by atoms with E-state index in [1.165, 1.54) is 42.8 Å². The van der Waals surface area contributed by atoms with E-state index < -0.39 is 17.8 Å². The Morgan fingerprint density at radius 2 is 1.52 bits per heavy atom. The summed E-state index contributed by atoms with van der Waals surface area (Å²) in [6.45, 7) is 4.32. The van der Waals surface area contributed by atoms with Gasteiger partial charge in [-0.2, -0.15) is 4.31 Å². The van der Waals surface area contributed by atoms with Crippen LogP contribution in [0, 0.1) is 0 Å². The molecule has 0 aromatic heterocycles. The van der Waals surface area contributed by atoms with Crippen LogP contribution in [0.3, 0.4) is 0 Å². The summed E-state index contributed by atoms with van der Waals surface area (Å²) in [7, 11) is -4.78. The Bertz CT molecular complexity index is 589. The Labute approximate surface area is 125 Å². The quantitative estimate of drug-likeness (QED) is 0.678.